The van der Waals surface area contributed by atoms with E-state index in [4.69, 9.17) is 16.3 Å². The molecule has 0 spiro atoms. The summed E-state index contributed by atoms with van der Waals surface area (Å²) >= 11 is 5.99. The molecule has 19 heavy (non-hydrogen) atoms. The Morgan fingerprint density at radius 2 is 2.11 bits per heavy atom. The number of ether oxygens (including phenoxy) is 1. The molecular formula is C13H22ClN3O2. The summed E-state index contributed by atoms with van der Waals surface area (Å²) in [6, 6.07) is 0. The monoisotopic (exact) mass is 287 g/mol. The fraction of sp³-hybridized carbons (Fsp3) is 0.692. The van der Waals surface area contributed by atoms with E-state index >= 15 is 0 Å². The molecule has 1 rings (SSSR count). The summed E-state index contributed by atoms with van der Waals surface area (Å²) in [6.45, 7) is 6.74. The summed E-state index contributed by atoms with van der Waals surface area (Å²) in [4.78, 5) is 11.7. The standard InChI is InChI=1S/C13H22ClN3O2/c1-3-5-8-19-9-6-7-15-11-10-16-17(4-2)13(18)12(11)14/h10,15H,3-9H2,1-2H3. The lowest BCUT2D eigenvalue weighted by Crippen LogP contribution is -2.23. The minimum absolute atomic E-state index is 0.198. The number of anilines is 1. The van der Waals surface area contributed by atoms with Crippen molar-refractivity contribution < 1.29 is 4.74 Å². The fourth-order valence-corrected chi connectivity index (χ4v) is 1.77. The SMILES string of the molecule is CCCCOCCCNc1cnn(CC)c(=O)c1Cl. The lowest BCUT2D eigenvalue weighted by Gasteiger charge is -2.09. The summed E-state index contributed by atoms with van der Waals surface area (Å²) in [5, 5.41) is 7.33. The molecular weight excluding hydrogens is 266 g/mol. The lowest BCUT2D eigenvalue weighted by atomic mass is 10.3. The topological polar surface area (TPSA) is 56.1 Å². The third kappa shape index (κ3) is 5.20. The number of hydrogen-bond acceptors (Lipinski definition) is 4. The van der Waals surface area contributed by atoms with Crippen molar-refractivity contribution >= 4 is 17.3 Å². The van der Waals surface area contributed by atoms with Gasteiger partial charge in [-0.3, -0.25) is 4.79 Å². The van der Waals surface area contributed by atoms with Crippen molar-refractivity contribution in [1.82, 2.24) is 9.78 Å². The third-order valence-electron chi connectivity index (χ3n) is 2.71. The Morgan fingerprint density at radius 1 is 1.37 bits per heavy atom. The van der Waals surface area contributed by atoms with Crippen molar-refractivity contribution in [2.75, 3.05) is 25.1 Å². The second-order valence-electron chi connectivity index (χ2n) is 4.24. The van der Waals surface area contributed by atoms with Crippen LogP contribution in [-0.2, 0) is 11.3 Å². The molecule has 0 amide bonds. The van der Waals surface area contributed by atoms with E-state index in [1.54, 1.807) is 6.20 Å². The van der Waals surface area contributed by atoms with E-state index in [1.165, 1.54) is 4.68 Å². The van der Waals surface area contributed by atoms with Gasteiger partial charge < -0.3 is 10.1 Å². The van der Waals surface area contributed by atoms with Crippen LogP contribution < -0.4 is 10.9 Å². The molecule has 0 aliphatic carbocycles. The van der Waals surface area contributed by atoms with E-state index in [2.05, 4.69) is 17.3 Å². The molecule has 0 fully saturated rings. The Bertz CT molecular complexity index is 434. The average Bonchev–Trinajstić information content (AvgIpc) is 2.42. The predicted molar refractivity (Wildman–Crippen MR) is 78.0 cm³/mol. The zero-order valence-electron chi connectivity index (χ0n) is 11.6. The number of nitrogens with one attached hydrogen (secondary N) is 1. The third-order valence-corrected chi connectivity index (χ3v) is 3.07. The summed E-state index contributed by atoms with van der Waals surface area (Å²) < 4.78 is 6.78. The van der Waals surface area contributed by atoms with Crippen molar-refractivity contribution in [1.29, 1.82) is 0 Å². The molecule has 0 saturated heterocycles. The lowest BCUT2D eigenvalue weighted by molar-refractivity contribution is 0.131. The number of hydrogen-bond donors (Lipinski definition) is 1. The van der Waals surface area contributed by atoms with Crippen LogP contribution in [0, 0.1) is 0 Å². The minimum Gasteiger partial charge on any atom is -0.382 e. The van der Waals surface area contributed by atoms with Crippen molar-refractivity contribution in [3.05, 3.63) is 21.6 Å². The molecule has 0 aliphatic heterocycles. The van der Waals surface area contributed by atoms with Gasteiger partial charge in [0, 0.05) is 26.3 Å². The molecule has 1 N–H and O–H groups in total. The molecule has 6 heteroatoms. The Labute approximate surface area is 118 Å². The largest absolute Gasteiger partial charge is 0.382 e. The first-order valence-corrected chi connectivity index (χ1v) is 7.15. The molecule has 1 heterocycles. The summed E-state index contributed by atoms with van der Waals surface area (Å²) in [7, 11) is 0. The maximum Gasteiger partial charge on any atom is 0.287 e. The van der Waals surface area contributed by atoms with Crippen molar-refractivity contribution in [3.63, 3.8) is 0 Å². The number of rotatable bonds is 9. The van der Waals surface area contributed by atoms with Crippen LogP contribution in [0.5, 0.6) is 0 Å². The molecule has 108 valence electrons. The Kier molecular flexibility index (Phi) is 7.52. The van der Waals surface area contributed by atoms with Gasteiger partial charge >= 0.3 is 0 Å². The van der Waals surface area contributed by atoms with Crippen molar-refractivity contribution in [2.45, 2.75) is 39.7 Å². The first kappa shape index (κ1) is 16.0. The zero-order valence-corrected chi connectivity index (χ0v) is 12.4. The first-order valence-electron chi connectivity index (χ1n) is 6.77. The Balaban J connectivity index is 2.34. The maximum atomic E-state index is 11.7. The molecule has 0 bridgehead atoms. The number of halogens is 1. The van der Waals surface area contributed by atoms with Crippen LogP contribution in [0.4, 0.5) is 5.69 Å². The van der Waals surface area contributed by atoms with Crippen LogP contribution in [0.25, 0.3) is 0 Å². The van der Waals surface area contributed by atoms with E-state index in [1.807, 2.05) is 6.92 Å². The van der Waals surface area contributed by atoms with Gasteiger partial charge in [0.15, 0.2) is 0 Å². The van der Waals surface area contributed by atoms with Crippen LogP contribution in [0.3, 0.4) is 0 Å². The van der Waals surface area contributed by atoms with Gasteiger partial charge in [-0.2, -0.15) is 5.10 Å². The van der Waals surface area contributed by atoms with Crippen LogP contribution in [0.2, 0.25) is 5.02 Å². The van der Waals surface area contributed by atoms with Gasteiger partial charge in [0.05, 0.1) is 11.9 Å². The molecule has 0 radical (unpaired) electrons. The summed E-state index contributed by atoms with van der Waals surface area (Å²) in [5.41, 5.74) is 0.332. The van der Waals surface area contributed by atoms with Crippen LogP contribution in [-0.4, -0.2) is 29.5 Å². The zero-order chi connectivity index (χ0) is 14.1. The normalized spacial score (nSPS) is 10.7. The minimum atomic E-state index is -0.256. The Hall–Kier alpha value is -1.07. The summed E-state index contributed by atoms with van der Waals surface area (Å²) in [6.07, 6.45) is 4.70. The van der Waals surface area contributed by atoms with Crippen LogP contribution in [0.15, 0.2) is 11.0 Å². The van der Waals surface area contributed by atoms with E-state index in [9.17, 15) is 4.79 Å². The van der Waals surface area contributed by atoms with E-state index in [0.717, 1.165) is 25.9 Å². The van der Waals surface area contributed by atoms with Crippen LogP contribution in [0.1, 0.15) is 33.1 Å². The highest BCUT2D eigenvalue weighted by Gasteiger charge is 2.07. The van der Waals surface area contributed by atoms with Crippen molar-refractivity contribution in [2.24, 2.45) is 0 Å². The molecule has 1 aromatic heterocycles. The first-order chi connectivity index (χ1) is 9.20. The van der Waals surface area contributed by atoms with Gasteiger partial charge in [0.1, 0.15) is 5.02 Å². The second kappa shape index (κ2) is 8.93. The summed E-state index contributed by atoms with van der Waals surface area (Å²) in [5.74, 6) is 0. The number of unbranched alkanes of at least 4 members (excludes halogenated alkanes) is 1. The van der Waals surface area contributed by atoms with E-state index in [-0.39, 0.29) is 10.6 Å². The average molecular weight is 288 g/mol. The molecule has 0 saturated carbocycles. The van der Waals surface area contributed by atoms with E-state index < -0.39 is 0 Å². The fourth-order valence-electron chi connectivity index (χ4n) is 1.56. The highest BCUT2D eigenvalue weighted by molar-refractivity contribution is 6.32. The molecule has 0 aromatic carbocycles. The smallest absolute Gasteiger partial charge is 0.287 e. The van der Waals surface area contributed by atoms with Crippen LogP contribution >= 0.6 is 11.6 Å². The highest BCUT2D eigenvalue weighted by atomic mass is 35.5. The molecule has 0 aliphatic rings. The number of nitrogens with zero attached hydrogens (tertiary/aromatic N) is 2. The molecule has 5 nitrogen and oxygen atoms in total. The van der Waals surface area contributed by atoms with Gasteiger partial charge in [0.2, 0.25) is 0 Å². The van der Waals surface area contributed by atoms with Gasteiger partial charge in [0.25, 0.3) is 5.56 Å². The van der Waals surface area contributed by atoms with Crippen molar-refractivity contribution in [3.8, 4) is 0 Å². The molecule has 0 unspecified atom stereocenters. The van der Waals surface area contributed by atoms with Gasteiger partial charge in [-0.25, -0.2) is 4.68 Å². The maximum absolute atomic E-state index is 11.7. The second-order valence-corrected chi connectivity index (χ2v) is 4.62. The molecule has 1 aromatic rings. The quantitative estimate of drug-likeness (QED) is 0.709. The van der Waals surface area contributed by atoms with E-state index in [0.29, 0.717) is 25.4 Å². The van der Waals surface area contributed by atoms with Gasteiger partial charge in [-0.15, -0.1) is 0 Å². The highest BCUT2D eigenvalue weighted by Crippen LogP contribution is 2.14. The Morgan fingerprint density at radius 3 is 2.79 bits per heavy atom. The van der Waals surface area contributed by atoms with Gasteiger partial charge in [-0.05, 0) is 19.8 Å². The van der Waals surface area contributed by atoms with Gasteiger partial charge in [-0.1, -0.05) is 24.9 Å². The number of aromatic nitrogens is 2. The predicted octanol–water partition coefficient (Wildman–Crippen LogP) is 2.54. The molecule has 0 atom stereocenters. The number of aryl methyl sites for hydroxylation is 1.